The summed E-state index contributed by atoms with van der Waals surface area (Å²) in [6.07, 6.45) is 3.80. The summed E-state index contributed by atoms with van der Waals surface area (Å²) in [6.45, 7) is 2.00. The van der Waals surface area contributed by atoms with Gasteiger partial charge in [-0.05, 0) is 24.6 Å². The van der Waals surface area contributed by atoms with Gasteiger partial charge in [0.15, 0.2) is 0 Å². The zero-order chi connectivity index (χ0) is 13.4. The van der Waals surface area contributed by atoms with Crippen molar-refractivity contribution in [3.63, 3.8) is 0 Å². The van der Waals surface area contributed by atoms with Crippen LogP contribution in [0.5, 0.6) is 0 Å². The minimum absolute atomic E-state index is 0. The van der Waals surface area contributed by atoms with Crippen molar-refractivity contribution in [3.8, 4) is 11.3 Å². The van der Waals surface area contributed by atoms with Crippen LogP contribution in [-0.4, -0.2) is 14.3 Å². The number of non-ortho nitro benzene ring substituents is 1. The van der Waals surface area contributed by atoms with Gasteiger partial charge in [0.05, 0.1) is 10.6 Å². The lowest BCUT2D eigenvalue weighted by molar-refractivity contribution is -0.384. The van der Waals surface area contributed by atoms with Gasteiger partial charge in [-0.25, -0.2) is 4.98 Å². The third-order valence-corrected chi connectivity index (χ3v) is 2.97. The predicted octanol–water partition coefficient (Wildman–Crippen LogP) is 0.222. The molecule has 0 radical (unpaired) electrons. The standard InChI is InChI=1S/C14H11N3O2.BrH/c1-10-5-6-16-9-13(15-14(16)7-10)11-3-2-4-12(8-11)17(18)19;/h2-9H,1H3;1H/p-1. The SMILES string of the molecule is Cc1ccn2cc(-c3cccc([N+](=O)[O-])c3)nc2c1.[Br-]. The molecule has 0 fully saturated rings. The Labute approximate surface area is 125 Å². The quantitative estimate of drug-likeness (QED) is 0.498. The predicted molar refractivity (Wildman–Crippen MR) is 72.0 cm³/mol. The maximum Gasteiger partial charge on any atom is 0.270 e. The third-order valence-electron chi connectivity index (χ3n) is 2.97. The monoisotopic (exact) mass is 332 g/mol. The van der Waals surface area contributed by atoms with E-state index in [0.29, 0.717) is 0 Å². The molecule has 102 valence electrons. The Bertz CT molecular complexity index is 783. The second kappa shape index (κ2) is 5.42. The van der Waals surface area contributed by atoms with Crippen LogP contribution in [0.15, 0.2) is 48.8 Å². The molecule has 5 nitrogen and oxygen atoms in total. The van der Waals surface area contributed by atoms with Crippen molar-refractivity contribution in [2.75, 3.05) is 0 Å². The van der Waals surface area contributed by atoms with Crippen LogP contribution >= 0.6 is 0 Å². The molecule has 0 saturated carbocycles. The highest BCUT2D eigenvalue weighted by atomic mass is 79.9. The minimum atomic E-state index is -0.399. The number of nitro groups is 1. The van der Waals surface area contributed by atoms with Gasteiger partial charge in [0, 0.05) is 30.1 Å². The Hall–Kier alpha value is -2.21. The number of hydrogen-bond acceptors (Lipinski definition) is 3. The number of nitrogens with zero attached hydrogens (tertiary/aromatic N) is 3. The summed E-state index contributed by atoms with van der Waals surface area (Å²) >= 11 is 0. The van der Waals surface area contributed by atoms with Gasteiger partial charge in [-0.2, -0.15) is 0 Å². The highest BCUT2D eigenvalue weighted by Gasteiger charge is 2.09. The van der Waals surface area contributed by atoms with Crippen molar-refractivity contribution in [2.45, 2.75) is 6.92 Å². The minimum Gasteiger partial charge on any atom is -1.00 e. The van der Waals surface area contributed by atoms with Crippen molar-refractivity contribution in [1.29, 1.82) is 0 Å². The molecule has 2 heterocycles. The fraction of sp³-hybridized carbons (Fsp3) is 0.0714. The van der Waals surface area contributed by atoms with Gasteiger partial charge in [0.1, 0.15) is 5.65 Å². The highest BCUT2D eigenvalue weighted by molar-refractivity contribution is 5.65. The van der Waals surface area contributed by atoms with Crippen LogP contribution < -0.4 is 17.0 Å². The topological polar surface area (TPSA) is 60.4 Å². The second-order valence-corrected chi connectivity index (χ2v) is 4.40. The number of rotatable bonds is 2. The number of nitro benzene ring substituents is 1. The zero-order valence-electron chi connectivity index (χ0n) is 10.7. The maximum atomic E-state index is 10.8. The zero-order valence-corrected chi connectivity index (χ0v) is 12.2. The summed E-state index contributed by atoms with van der Waals surface area (Å²) in [5.41, 5.74) is 3.51. The smallest absolute Gasteiger partial charge is 0.270 e. The summed E-state index contributed by atoms with van der Waals surface area (Å²) in [5, 5.41) is 10.8. The summed E-state index contributed by atoms with van der Waals surface area (Å²) < 4.78 is 1.90. The van der Waals surface area contributed by atoms with E-state index in [9.17, 15) is 10.1 Å². The molecule has 0 saturated heterocycles. The van der Waals surface area contributed by atoms with E-state index in [1.165, 1.54) is 12.1 Å². The number of aryl methyl sites for hydroxylation is 1. The van der Waals surface area contributed by atoms with E-state index < -0.39 is 4.92 Å². The van der Waals surface area contributed by atoms with Crippen LogP contribution in [-0.2, 0) is 0 Å². The van der Waals surface area contributed by atoms with Crippen molar-refractivity contribution in [2.24, 2.45) is 0 Å². The van der Waals surface area contributed by atoms with Crippen LogP contribution in [0.3, 0.4) is 0 Å². The highest BCUT2D eigenvalue weighted by Crippen LogP contribution is 2.23. The number of pyridine rings is 1. The molecule has 1 aromatic carbocycles. The lowest BCUT2D eigenvalue weighted by Gasteiger charge is -1.95. The van der Waals surface area contributed by atoms with Crippen LogP contribution in [0, 0.1) is 17.0 Å². The van der Waals surface area contributed by atoms with Crippen LogP contribution in [0.4, 0.5) is 5.69 Å². The second-order valence-electron chi connectivity index (χ2n) is 4.40. The van der Waals surface area contributed by atoms with Gasteiger partial charge in [0.2, 0.25) is 0 Å². The molecule has 2 aromatic heterocycles. The molecule has 0 atom stereocenters. The lowest BCUT2D eigenvalue weighted by Crippen LogP contribution is -3.00. The first kappa shape index (κ1) is 14.2. The lowest BCUT2D eigenvalue weighted by atomic mass is 10.1. The molecule has 3 rings (SSSR count). The molecule has 0 unspecified atom stereocenters. The normalized spacial score (nSPS) is 10.2. The van der Waals surface area contributed by atoms with Crippen LogP contribution in [0.1, 0.15) is 5.56 Å². The van der Waals surface area contributed by atoms with Crippen LogP contribution in [0.25, 0.3) is 16.9 Å². The number of halogens is 1. The first-order valence-corrected chi connectivity index (χ1v) is 5.84. The number of imidazole rings is 1. The number of benzene rings is 1. The summed E-state index contributed by atoms with van der Waals surface area (Å²) in [5.74, 6) is 0. The summed E-state index contributed by atoms with van der Waals surface area (Å²) in [6, 6.07) is 10.5. The number of fused-ring (bicyclic) bond motifs is 1. The third kappa shape index (κ3) is 2.55. The summed E-state index contributed by atoms with van der Waals surface area (Å²) in [4.78, 5) is 14.9. The maximum absolute atomic E-state index is 10.8. The molecule has 20 heavy (non-hydrogen) atoms. The Kier molecular flexibility index (Phi) is 3.85. The average Bonchev–Trinajstić information content (AvgIpc) is 2.81. The fourth-order valence-electron chi connectivity index (χ4n) is 2.00. The van der Waals surface area contributed by atoms with Gasteiger partial charge in [-0.1, -0.05) is 12.1 Å². The van der Waals surface area contributed by atoms with Gasteiger partial charge in [0.25, 0.3) is 5.69 Å². The van der Waals surface area contributed by atoms with E-state index in [4.69, 9.17) is 0 Å². The van der Waals surface area contributed by atoms with E-state index in [0.717, 1.165) is 22.5 Å². The molecule has 6 heteroatoms. The van der Waals surface area contributed by atoms with E-state index in [1.807, 2.05) is 41.9 Å². The van der Waals surface area contributed by atoms with Crippen molar-refractivity contribution >= 4 is 11.3 Å². The Balaban J connectivity index is 0.00000147. The largest absolute Gasteiger partial charge is 1.00 e. The molecule has 0 aliphatic carbocycles. The first-order valence-electron chi connectivity index (χ1n) is 5.84. The van der Waals surface area contributed by atoms with E-state index in [1.54, 1.807) is 6.07 Å². The van der Waals surface area contributed by atoms with Gasteiger partial charge in [-0.3, -0.25) is 10.1 Å². The van der Waals surface area contributed by atoms with E-state index in [2.05, 4.69) is 4.98 Å². The summed E-state index contributed by atoms with van der Waals surface area (Å²) in [7, 11) is 0. The molecule has 3 aromatic rings. The fourth-order valence-corrected chi connectivity index (χ4v) is 2.00. The number of hydrogen-bond donors (Lipinski definition) is 0. The molecule has 0 aliphatic rings. The number of aromatic nitrogens is 2. The van der Waals surface area contributed by atoms with Gasteiger partial charge >= 0.3 is 0 Å². The molecular formula is C14H11BrN3O2-. The van der Waals surface area contributed by atoms with Crippen molar-refractivity contribution in [1.82, 2.24) is 9.38 Å². The molecule has 0 aliphatic heterocycles. The molecule has 0 amide bonds. The Morgan fingerprint density at radius 3 is 2.80 bits per heavy atom. The molecule has 0 N–H and O–H groups in total. The average molecular weight is 333 g/mol. The Morgan fingerprint density at radius 2 is 2.05 bits per heavy atom. The van der Waals surface area contributed by atoms with E-state index in [-0.39, 0.29) is 22.7 Å². The molecule has 0 spiro atoms. The van der Waals surface area contributed by atoms with Crippen molar-refractivity contribution < 1.29 is 21.9 Å². The van der Waals surface area contributed by atoms with Gasteiger partial charge in [-0.15, -0.1) is 0 Å². The Morgan fingerprint density at radius 1 is 1.25 bits per heavy atom. The van der Waals surface area contributed by atoms with Gasteiger partial charge < -0.3 is 21.4 Å². The first-order chi connectivity index (χ1) is 9.13. The van der Waals surface area contributed by atoms with Crippen molar-refractivity contribution in [3.05, 3.63) is 64.5 Å². The molecule has 0 bridgehead atoms. The molecular weight excluding hydrogens is 322 g/mol. The van der Waals surface area contributed by atoms with Crippen LogP contribution in [0.2, 0.25) is 0 Å². The van der Waals surface area contributed by atoms with E-state index >= 15 is 0 Å².